The molecule has 0 radical (unpaired) electrons. The summed E-state index contributed by atoms with van der Waals surface area (Å²) in [5.74, 6) is -2.63. The molecule has 182 valence electrons. The first-order chi connectivity index (χ1) is 16.7. The molecule has 10 heteroatoms. The molecule has 1 saturated carbocycles. The van der Waals surface area contributed by atoms with Gasteiger partial charge in [0.05, 0.1) is 23.9 Å². The van der Waals surface area contributed by atoms with Gasteiger partial charge in [0, 0.05) is 23.3 Å². The molecule has 3 amide bonds. The Morgan fingerprint density at radius 1 is 1.06 bits per heavy atom. The van der Waals surface area contributed by atoms with Crippen molar-refractivity contribution in [3.05, 3.63) is 69.8 Å². The summed E-state index contributed by atoms with van der Waals surface area (Å²) in [4.78, 5) is 63.7. The molecular formula is C25H25N3O7. The lowest BCUT2D eigenvalue weighted by atomic mass is 9.76. The number of nitrogens with zero attached hydrogens (tertiary/aromatic N) is 3. The van der Waals surface area contributed by atoms with Crippen molar-refractivity contribution in [2.45, 2.75) is 26.2 Å². The van der Waals surface area contributed by atoms with E-state index in [1.165, 1.54) is 25.3 Å². The maximum atomic E-state index is 13.5. The number of nitro benzene ring substituents is 1. The number of methoxy groups -OCH3 is 1. The lowest BCUT2D eigenvalue weighted by Crippen LogP contribution is -2.52. The zero-order chi connectivity index (χ0) is 25.3. The second-order valence-corrected chi connectivity index (χ2v) is 8.94. The summed E-state index contributed by atoms with van der Waals surface area (Å²) < 4.78 is 5.16. The molecular weight excluding hydrogens is 454 g/mol. The quantitative estimate of drug-likeness (QED) is 0.258. The molecule has 2 fully saturated rings. The molecule has 1 heterocycles. The first-order valence-corrected chi connectivity index (χ1v) is 11.3. The number of carbonyl (C=O) groups is 4. The summed E-state index contributed by atoms with van der Waals surface area (Å²) in [6, 6.07) is 11.1. The molecule has 1 aliphatic carbocycles. The van der Waals surface area contributed by atoms with E-state index < -0.39 is 46.8 Å². The minimum absolute atomic E-state index is 0.0119. The number of Topliss-reactive ketones (excluding diaryl/α,β-unsaturated/α-hetero) is 1. The van der Waals surface area contributed by atoms with Crippen molar-refractivity contribution in [1.29, 1.82) is 0 Å². The van der Waals surface area contributed by atoms with Gasteiger partial charge >= 0.3 is 0 Å². The van der Waals surface area contributed by atoms with Crippen LogP contribution in [-0.2, 0) is 9.59 Å². The van der Waals surface area contributed by atoms with Gasteiger partial charge in [0.15, 0.2) is 5.78 Å². The Labute approximate surface area is 201 Å². The molecule has 0 spiro atoms. The second kappa shape index (κ2) is 9.65. The lowest BCUT2D eigenvalue weighted by Gasteiger charge is -2.30. The Balaban J connectivity index is 1.69. The van der Waals surface area contributed by atoms with E-state index in [0.29, 0.717) is 18.6 Å². The van der Waals surface area contributed by atoms with Crippen molar-refractivity contribution in [3.63, 3.8) is 0 Å². The van der Waals surface area contributed by atoms with E-state index in [-0.39, 0.29) is 22.7 Å². The number of non-ortho nitro benzene ring substituents is 1. The number of carbonyl (C=O) groups excluding carboxylic acids is 4. The number of benzene rings is 2. The highest BCUT2D eigenvalue weighted by Crippen LogP contribution is 2.41. The number of amides is 3. The van der Waals surface area contributed by atoms with Crippen LogP contribution < -0.4 is 4.74 Å². The monoisotopic (exact) mass is 479 g/mol. The summed E-state index contributed by atoms with van der Waals surface area (Å²) in [6.45, 7) is 1.46. The normalized spacial score (nSPS) is 21.4. The lowest BCUT2D eigenvalue weighted by molar-refractivity contribution is -0.384. The van der Waals surface area contributed by atoms with Crippen LogP contribution in [0.25, 0.3) is 0 Å². The number of nitro groups is 1. The molecule has 4 rings (SSSR count). The molecule has 1 saturated heterocycles. The average molecular weight is 479 g/mol. The van der Waals surface area contributed by atoms with Crippen molar-refractivity contribution < 1.29 is 28.8 Å². The van der Waals surface area contributed by atoms with Crippen molar-refractivity contribution in [2.75, 3.05) is 13.7 Å². The Bertz CT molecular complexity index is 1190. The topological polar surface area (TPSA) is 127 Å². The fourth-order valence-corrected chi connectivity index (χ4v) is 4.74. The van der Waals surface area contributed by atoms with Gasteiger partial charge < -0.3 is 4.74 Å². The SMILES string of the molecule is COc1cccc(C(=O)CN(C(=O)c2ccc([N+](=O)[O-])cc2)N2C(=O)[C@H]3C[C@@H](C)CC[C@H]3C2=O)c1. The van der Waals surface area contributed by atoms with Crippen molar-refractivity contribution in [3.8, 4) is 5.75 Å². The van der Waals surface area contributed by atoms with E-state index in [9.17, 15) is 29.3 Å². The van der Waals surface area contributed by atoms with Crippen molar-refractivity contribution in [2.24, 2.45) is 17.8 Å². The molecule has 2 aromatic carbocycles. The van der Waals surface area contributed by atoms with Gasteiger partial charge in [-0.15, -0.1) is 0 Å². The van der Waals surface area contributed by atoms with Gasteiger partial charge in [-0.25, -0.2) is 5.01 Å². The first-order valence-electron chi connectivity index (χ1n) is 11.3. The summed E-state index contributed by atoms with van der Waals surface area (Å²) in [6.07, 6.45) is 1.87. The molecule has 0 aromatic heterocycles. The van der Waals surface area contributed by atoms with Gasteiger partial charge in [0.1, 0.15) is 12.3 Å². The van der Waals surface area contributed by atoms with Crippen LogP contribution >= 0.6 is 0 Å². The van der Waals surface area contributed by atoms with Gasteiger partial charge in [-0.3, -0.25) is 29.3 Å². The summed E-state index contributed by atoms with van der Waals surface area (Å²) in [7, 11) is 1.46. The summed E-state index contributed by atoms with van der Waals surface area (Å²) >= 11 is 0. The molecule has 2 aromatic rings. The zero-order valence-electron chi connectivity index (χ0n) is 19.4. The summed E-state index contributed by atoms with van der Waals surface area (Å²) in [5, 5.41) is 12.7. The number of rotatable bonds is 7. The smallest absolute Gasteiger partial charge is 0.273 e. The minimum atomic E-state index is -0.774. The average Bonchev–Trinajstić information content (AvgIpc) is 3.11. The maximum absolute atomic E-state index is 13.5. The Morgan fingerprint density at radius 2 is 1.74 bits per heavy atom. The van der Waals surface area contributed by atoms with Gasteiger partial charge in [0.25, 0.3) is 23.4 Å². The predicted octanol–water partition coefficient (Wildman–Crippen LogP) is 3.26. The molecule has 1 aliphatic heterocycles. The van der Waals surface area contributed by atoms with Crippen LogP contribution in [0.2, 0.25) is 0 Å². The number of hydrazine groups is 1. The van der Waals surface area contributed by atoms with E-state index in [2.05, 4.69) is 0 Å². The highest BCUT2D eigenvalue weighted by atomic mass is 16.6. The number of imide groups is 1. The predicted molar refractivity (Wildman–Crippen MR) is 123 cm³/mol. The van der Waals surface area contributed by atoms with Gasteiger partial charge in [-0.1, -0.05) is 19.1 Å². The van der Waals surface area contributed by atoms with E-state index >= 15 is 0 Å². The van der Waals surface area contributed by atoms with Crippen LogP contribution in [0, 0.1) is 27.9 Å². The van der Waals surface area contributed by atoms with Gasteiger partial charge in [-0.05, 0) is 49.4 Å². The molecule has 10 nitrogen and oxygen atoms in total. The molecule has 0 bridgehead atoms. The van der Waals surface area contributed by atoms with Crippen LogP contribution in [0.1, 0.15) is 46.9 Å². The third-order valence-electron chi connectivity index (χ3n) is 6.65. The van der Waals surface area contributed by atoms with Gasteiger partial charge in [0.2, 0.25) is 0 Å². The molecule has 35 heavy (non-hydrogen) atoms. The largest absolute Gasteiger partial charge is 0.497 e. The van der Waals surface area contributed by atoms with Crippen LogP contribution in [0.3, 0.4) is 0 Å². The standard InChI is InChI=1S/C25H25N3O7/c1-15-6-11-20-21(12-15)25(32)27(24(20)31)26(14-22(29)17-4-3-5-19(13-17)35-2)23(30)16-7-9-18(10-8-16)28(33)34/h3-5,7-10,13,15,20-21H,6,11-12,14H2,1-2H3/t15-,20+,21-/m0/s1. The highest BCUT2D eigenvalue weighted by Gasteiger charge is 2.52. The van der Waals surface area contributed by atoms with Crippen molar-refractivity contribution >= 4 is 29.2 Å². The molecule has 3 atom stereocenters. The number of hydrogen-bond acceptors (Lipinski definition) is 7. The van der Waals surface area contributed by atoms with Crippen LogP contribution in [0.5, 0.6) is 5.75 Å². The van der Waals surface area contributed by atoms with E-state index in [1.807, 2.05) is 6.92 Å². The number of hydrogen-bond donors (Lipinski definition) is 0. The number of ether oxygens (including phenoxy) is 1. The second-order valence-electron chi connectivity index (χ2n) is 8.94. The van der Waals surface area contributed by atoms with Crippen LogP contribution in [0.15, 0.2) is 48.5 Å². The highest BCUT2D eigenvalue weighted by molar-refractivity contribution is 6.09. The summed E-state index contributed by atoms with van der Waals surface area (Å²) in [5.41, 5.74) is 0.0442. The van der Waals surface area contributed by atoms with Crippen LogP contribution in [-0.4, -0.2) is 52.1 Å². The number of fused-ring (bicyclic) bond motifs is 1. The fraction of sp³-hybridized carbons (Fsp3) is 0.360. The zero-order valence-corrected chi connectivity index (χ0v) is 19.4. The number of ketones is 1. The maximum Gasteiger partial charge on any atom is 0.273 e. The molecule has 0 N–H and O–H groups in total. The van der Waals surface area contributed by atoms with Gasteiger partial charge in [-0.2, -0.15) is 5.01 Å². The Kier molecular flexibility index (Phi) is 6.63. The van der Waals surface area contributed by atoms with Crippen molar-refractivity contribution in [1.82, 2.24) is 10.0 Å². The van der Waals surface area contributed by atoms with E-state index in [4.69, 9.17) is 4.74 Å². The Morgan fingerprint density at radius 3 is 2.40 bits per heavy atom. The third-order valence-corrected chi connectivity index (χ3v) is 6.65. The third kappa shape index (κ3) is 4.64. The van der Waals surface area contributed by atoms with E-state index in [1.54, 1.807) is 18.2 Å². The first kappa shape index (κ1) is 24.1. The minimum Gasteiger partial charge on any atom is -0.497 e. The Hall–Kier alpha value is -4.08. The van der Waals surface area contributed by atoms with Crippen LogP contribution in [0.4, 0.5) is 5.69 Å². The van der Waals surface area contributed by atoms with E-state index in [0.717, 1.165) is 28.6 Å². The fourth-order valence-electron chi connectivity index (χ4n) is 4.74. The molecule has 2 aliphatic rings. The molecule has 0 unspecified atom stereocenters.